The number of nitrogens with zero attached hydrogens (tertiary/aromatic N) is 1. The van der Waals surface area contributed by atoms with Crippen LogP contribution in [0.1, 0.15) is 135 Å². The maximum atomic E-state index is 11.8. The zero-order valence-corrected chi connectivity index (χ0v) is 24.0. The highest BCUT2D eigenvalue weighted by molar-refractivity contribution is 7.53. The molecule has 1 atom stereocenters. The molecule has 0 amide bonds. The van der Waals surface area contributed by atoms with Crippen LogP contribution in [-0.2, 0) is 4.57 Å². The molecule has 0 fully saturated rings. The van der Waals surface area contributed by atoms with Gasteiger partial charge in [-0.05, 0) is 38.5 Å². The molecule has 0 radical (unpaired) electrons. The summed E-state index contributed by atoms with van der Waals surface area (Å²) < 4.78 is 12.1. The number of quaternary nitrogens is 1. The molecule has 0 aliphatic carbocycles. The summed E-state index contributed by atoms with van der Waals surface area (Å²) in [5, 5.41) is 8.64. The quantitative estimate of drug-likeness (QED) is 0.0539. The Morgan fingerprint density at radius 3 is 1.35 bits per heavy atom. The first-order valence-corrected chi connectivity index (χ1v) is 15.9. The van der Waals surface area contributed by atoms with Gasteiger partial charge in [0.15, 0.2) is 0 Å². The fourth-order valence-electron chi connectivity index (χ4n) is 4.62. The molecule has 0 rings (SSSR count). The van der Waals surface area contributed by atoms with E-state index in [1.165, 1.54) is 89.9 Å². The van der Waals surface area contributed by atoms with E-state index in [-0.39, 0.29) is 13.0 Å². The fourth-order valence-corrected chi connectivity index (χ4v) is 5.67. The van der Waals surface area contributed by atoms with Crippen LogP contribution in [0.25, 0.3) is 0 Å². The van der Waals surface area contributed by atoms with Gasteiger partial charge >= 0.3 is 7.60 Å². The Bertz CT molecular complexity index is 541. The Morgan fingerprint density at radius 2 is 1.00 bits per heavy atom. The lowest BCUT2D eigenvalue weighted by molar-refractivity contribution is -0.875. The largest absolute Gasteiger partial charge is 0.373 e. The molecule has 5 nitrogen and oxygen atoms in total. The van der Waals surface area contributed by atoms with Gasteiger partial charge in [-0.2, -0.15) is 0 Å². The molecular formula is C28H59NO4P+. The van der Waals surface area contributed by atoms with Gasteiger partial charge in [0.1, 0.15) is 6.54 Å². The molecule has 0 aliphatic heterocycles. The van der Waals surface area contributed by atoms with E-state index in [9.17, 15) is 19.5 Å². The van der Waals surface area contributed by atoms with Gasteiger partial charge in [-0.1, -0.05) is 109 Å². The summed E-state index contributed by atoms with van der Waals surface area (Å²) in [7, 11) is 0.973. The predicted octanol–water partition coefficient (Wildman–Crippen LogP) is 7.94. The first kappa shape index (κ1) is 33.8. The monoisotopic (exact) mass is 504 g/mol. The second-order valence-corrected chi connectivity index (χ2v) is 13.4. The number of hydrogen-bond acceptors (Lipinski definition) is 2. The summed E-state index contributed by atoms with van der Waals surface area (Å²) in [6.07, 6.45) is 28.8. The van der Waals surface area contributed by atoms with Crippen molar-refractivity contribution in [1.29, 1.82) is 0 Å². The molecule has 0 aromatic rings. The van der Waals surface area contributed by atoms with E-state index < -0.39 is 12.9 Å². The third kappa shape index (κ3) is 20.0. The van der Waals surface area contributed by atoms with Gasteiger partial charge in [0, 0.05) is 0 Å². The summed E-state index contributed by atoms with van der Waals surface area (Å²) in [5.74, 6) is 0. The van der Waals surface area contributed by atoms with Crippen molar-refractivity contribution >= 4 is 7.60 Å². The molecule has 0 heterocycles. The van der Waals surface area contributed by atoms with E-state index in [1.807, 2.05) is 21.1 Å². The van der Waals surface area contributed by atoms with Gasteiger partial charge in [-0.3, -0.25) is 4.57 Å². The number of unbranched alkanes of at least 4 members (excludes halogenated alkanes) is 17. The van der Waals surface area contributed by atoms with Gasteiger partial charge in [0.25, 0.3) is 0 Å². The molecule has 0 saturated carbocycles. The van der Waals surface area contributed by atoms with Crippen LogP contribution in [0.15, 0.2) is 12.2 Å². The van der Waals surface area contributed by atoms with Crippen molar-refractivity contribution in [3.8, 4) is 0 Å². The summed E-state index contributed by atoms with van der Waals surface area (Å²) >= 11 is 0. The van der Waals surface area contributed by atoms with Crippen LogP contribution in [0.4, 0.5) is 0 Å². The van der Waals surface area contributed by atoms with Crippen molar-refractivity contribution in [1.82, 2.24) is 0 Å². The van der Waals surface area contributed by atoms with Gasteiger partial charge in [0.2, 0.25) is 5.34 Å². The molecule has 3 N–H and O–H groups in total. The fraction of sp³-hybridized carbons (Fsp3) is 0.929. The molecule has 0 bridgehead atoms. The van der Waals surface area contributed by atoms with Crippen molar-refractivity contribution in [2.75, 3.05) is 27.7 Å². The highest BCUT2D eigenvalue weighted by atomic mass is 31.2. The van der Waals surface area contributed by atoms with E-state index in [0.717, 1.165) is 25.7 Å². The van der Waals surface area contributed by atoms with Crippen molar-refractivity contribution in [2.45, 2.75) is 141 Å². The Labute approximate surface area is 212 Å². The Kier molecular flexibility index (Phi) is 19.8. The topological polar surface area (TPSA) is 77.8 Å². The highest BCUT2D eigenvalue weighted by Gasteiger charge is 2.48. The number of rotatable bonds is 24. The molecule has 0 aromatic heterocycles. The molecular weight excluding hydrogens is 445 g/mol. The van der Waals surface area contributed by atoms with Crippen LogP contribution in [-0.4, -0.2) is 52.4 Å². The van der Waals surface area contributed by atoms with E-state index in [0.29, 0.717) is 10.9 Å². The van der Waals surface area contributed by atoms with Crippen LogP contribution in [0.5, 0.6) is 0 Å². The van der Waals surface area contributed by atoms with Crippen LogP contribution in [0, 0.1) is 0 Å². The SMILES string of the molecule is CCCCCCCCCCCCC/C=C\CCCCCCCCC(O)(C[N+](C)(C)C)P(=O)(O)O. The average Bonchev–Trinajstić information content (AvgIpc) is 2.73. The number of hydrogen-bond donors (Lipinski definition) is 3. The van der Waals surface area contributed by atoms with Crippen molar-refractivity contribution in [3.63, 3.8) is 0 Å². The second-order valence-electron chi connectivity index (χ2n) is 11.4. The van der Waals surface area contributed by atoms with Gasteiger partial charge < -0.3 is 19.4 Å². The molecule has 6 heteroatoms. The standard InChI is InChI=1S/C28H58NO4P/c1-5-6-7-8-9-10-11-12-13-14-15-16-17-18-19-20-21-22-23-24-25-26-28(30,34(31,32)33)27-29(2,3)4/h17-18,30H,5-16,19-27H2,1-4H3,(H-,31,32,33)/p+1/b18-17-. The molecule has 204 valence electrons. The molecule has 0 saturated heterocycles. The lowest BCUT2D eigenvalue weighted by Gasteiger charge is -2.35. The molecule has 1 unspecified atom stereocenters. The Balaban J connectivity index is 3.55. The summed E-state index contributed by atoms with van der Waals surface area (Å²) in [5.41, 5.74) is 0. The van der Waals surface area contributed by atoms with E-state index in [4.69, 9.17) is 0 Å². The molecule has 34 heavy (non-hydrogen) atoms. The second kappa shape index (κ2) is 19.9. The van der Waals surface area contributed by atoms with Crippen LogP contribution in [0.3, 0.4) is 0 Å². The van der Waals surface area contributed by atoms with Gasteiger partial charge in [-0.25, -0.2) is 0 Å². The maximum Gasteiger partial charge on any atom is 0.362 e. The average molecular weight is 505 g/mol. The zero-order chi connectivity index (χ0) is 25.8. The number of aliphatic hydroxyl groups is 1. The molecule has 0 aromatic carbocycles. The first-order valence-electron chi connectivity index (χ1n) is 14.3. The Morgan fingerprint density at radius 1 is 0.647 bits per heavy atom. The highest BCUT2D eigenvalue weighted by Crippen LogP contribution is 2.52. The summed E-state index contributed by atoms with van der Waals surface area (Å²) in [6, 6.07) is 0. The summed E-state index contributed by atoms with van der Waals surface area (Å²) in [6.45, 7) is 2.33. The zero-order valence-electron chi connectivity index (χ0n) is 23.1. The third-order valence-electron chi connectivity index (χ3n) is 6.61. The smallest absolute Gasteiger partial charge is 0.362 e. The maximum absolute atomic E-state index is 11.8. The van der Waals surface area contributed by atoms with Crippen molar-refractivity contribution in [2.24, 2.45) is 0 Å². The third-order valence-corrected chi connectivity index (χ3v) is 8.06. The van der Waals surface area contributed by atoms with Crippen molar-refractivity contribution in [3.05, 3.63) is 12.2 Å². The number of allylic oxidation sites excluding steroid dienone is 2. The predicted molar refractivity (Wildman–Crippen MR) is 147 cm³/mol. The van der Waals surface area contributed by atoms with E-state index in [2.05, 4.69) is 19.1 Å². The summed E-state index contributed by atoms with van der Waals surface area (Å²) in [4.78, 5) is 19.2. The van der Waals surface area contributed by atoms with E-state index >= 15 is 0 Å². The molecule has 0 aliphatic rings. The van der Waals surface area contributed by atoms with Crippen LogP contribution in [0.2, 0.25) is 0 Å². The Hall–Kier alpha value is -0.190. The van der Waals surface area contributed by atoms with E-state index in [1.54, 1.807) is 0 Å². The van der Waals surface area contributed by atoms with Gasteiger partial charge in [0.05, 0.1) is 21.1 Å². The number of likely N-dealkylation sites (N-methyl/N-ethyl adjacent to an activating group) is 1. The minimum atomic E-state index is -4.55. The van der Waals surface area contributed by atoms with Crippen LogP contribution >= 0.6 is 7.60 Å². The lowest BCUT2D eigenvalue weighted by atomic mass is 10.0. The molecule has 0 spiro atoms. The van der Waals surface area contributed by atoms with Crippen molar-refractivity contribution < 1.29 is 23.9 Å². The van der Waals surface area contributed by atoms with Crippen LogP contribution < -0.4 is 0 Å². The normalized spacial score (nSPS) is 14.7. The first-order chi connectivity index (χ1) is 16.0. The lowest BCUT2D eigenvalue weighted by Crippen LogP contribution is -2.49. The minimum absolute atomic E-state index is 0.0583. The minimum Gasteiger partial charge on any atom is -0.373 e. The van der Waals surface area contributed by atoms with Gasteiger partial charge in [-0.15, -0.1) is 0 Å².